The van der Waals surface area contributed by atoms with E-state index in [0.29, 0.717) is 29.3 Å². The van der Waals surface area contributed by atoms with Crippen LogP contribution in [-0.2, 0) is 9.59 Å². The molecule has 1 saturated heterocycles. The average Bonchev–Trinajstić information content (AvgIpc) is 2.73. The second-order valence-electron chi connectivity index (χ2n) is 4.56. The first-order valence-corrected chi connectivity index (χ1v) is 6.93. The number of rotatable bonds is 4. The molecule has 1 aromatic rings. The van der Waals surface area contributed by atoms with Crippen LogP contribution in [0.15, 0.2) is 24.3 Å². The maximum Gasteiger partial charge on any atom is 0.331 e. The number of carboxylic acid groups (broad SMARTS) is 1. The summed E-state index contributed by atoms with van der Waals surface area (Å²) in [6, 6.07) is 5.69. The van der Waals surface area contributed by atoms with E-state index in [2.05, 4.69) is 12.6 Å². The molecule has 102 valence electrons. The van der Waals surface area contributed by atoms with Crippen LogP contribution in [0.25, 0.3) is 0 Å². The Morgan fingerprint density at radius 1 is 1.53 bits per heavy atom. The summed E-state index contributed by atoms with van der Waals surface area (Å²) in [5.41, 5.74) is 0.449. The zero-order valence-electron chi connectivity index (χ0n) is 10.1. The van der Waals surface area contributed by atoms with Gasteiger partial charge in [0.1, 0.15) is 0 Å². The molecule has 1 aliphatic rings. The Kier molecular flexibility index (Phi) is 4.37. The van der Waals surface area contributed by atoms with Crippen molar-refractivity contribution in [2.75, 3.05) is 12.3 Å². The number of carbonyl (C=O) groups excluding carboxylic acids is 1. The highest BCUT2D eigenvalue weighted by atomic mass is 35.5. The summed E-state index contributed by atoms with van der Waals surface area (Å²) in [5, 5.41) is 9.78. The number of thiol groups is 1. The third kappa shape index (κ3) is 2.87. The van der Waals surface area contributed by atoms with Crippen molar-refractivity contribution in [2.45, 2.75) is 12.5 Å². The molecule has 0 bridgehead atoms. The van der Waals surface area contributed by atoms with Crippen LogP contribution in [0.1, 0.15) is 18.0 Å². The average molecular weight is 300 g/mol. The van der Waals surface area contributed by atoms with E-state index in [1.165, 1.54) is 4.90 Å². The maximum atomic E-state index is 12.0. The van der Waals surface area contributed by atoms with Gasteiger partial charge in [-0.3, -0.25) is 4.79 Å². The van der Waals surface area contributed by atoms with Gasteiger partial charge in [-0.2, -0.15) is 12.6 Å². The van der Waals surface area contributed by atoms with Gasteiger partial charge in [0.25, 0.3) is 0 Å². The lowest BCUT2D eigenvalue weighted by atomic mass is 10.1. The predicted molar refractivity (Wildman–Crippen MR) is 75.5 cm³/mol. The van der Waals surface area contributed by atoms with E-state index in [0.717, 1.165) is 0 Å². The molecule has 0 spiro atoms. The van der Waals surface area contributed by atoms with Gasteiger partial charge in [-0.25, -0.2) is 4.79 Å². The van der Waals surface area contributed by atoms with Crippen LogP contribution in [0.3, 0.4) is 0 Å². The van der Waals surface area contributed by atoms with Crippen molar-refractivity contribution in [3.05, 3.63) is 34.9 Å². The quantitative estimate of drug-likeness (QED) is 0.838. The molecule has 1 unspecified atom stereocenters. The lowest BCUT2D eigenvalue weighted by Crippen LogP contribution is -2.35. The standard InChI is InChI=1S/C13H14ClNO3S/c14-10-4-2-1-3-9(10)12(13(17)18)15-6-8(7-19)5-11(15)16/h1-4,8,12,19H,5-7H2,(H,17,18)/t8?,12-/m1/s1. The molecule has 2 rings (SSSR count). The number of nitrogens with zero attached hydrogens (tertiary/aromatic N) is 1. The third-order valence-corrected chi connectivity index (χ3v) is 4.10. The number of carboxylic acids is 1. The minimum Gasteiger partial charge on any atom is -0.479 e. The van der Waals surface area contributed by atoms with Crippen molar-refractivity contribution in [1.29, 1.82) is 0 Å². The first-order chi connectivity index (χ1) is 9.04. The Morgan fingerprint density at radius 2 is 2.21 bits per heavy atom. The van der Waals surface area contributed by atoms with Gasteiger partial charge in [-0.1, -0.05) is 29.8 Å². The zero-order valence-corrected chi connectivity index (χ0v) is 11.8. The summed E-state index contributed by atoms with van der Waals surface area (Å²) in [5.74, 6) is -0.565. The molecule has 1 fully saturated rings. The van der Waals surface area contributed by atoms with Crippen molar-refractivity contribution < 1.29 is 14.7 Å². The third-order valence-electron chi connectivity index (χ3n) is 3.24. The summed E-state index contributed by atoms with van der Waals surface area (Å²) >= 11 is 10.2. The van der Waals surface area contributed by atoms with Crippen LogP contribution >= 0.6 is 24.2 Å². The van der Waals surface area contributed by atoms with Crippen LogP contribution in [0.4, 0.5) is 0 Å². The van der Waals surface area contributed by atoms with Crippen LogP contribution in [0.2, 0.25) is 5.02 Å². The van der Waals surface area contributed by atoms with Crippen molar-refractivity contribution in [3.63, 3.8) is 0 Å². The first kappa shape index (κ1) is 14.2. The number of amides is 1. The smallest absolute Gasteiger partial charge is 0.331 e. The number of hydrogen-bond donors (Lipinski definition) is 2. The van der Waals surface area contributed by atoms with E-state index >= 15 is 0 Å². The Bertz CT molecular complexity index is 508. The van der Waals surface area contributed by atoms with E-state index < -0.39 is 12.0 Å². The maximum absolute atomic E-state index is 12.0. The number of aliphatic carboxylic acids is 1. The van der Waals surface area contributed by atoms with Gasteiger partial charge in [-0.05, 0) is 17.7 Å². The van der Waals surface area contributed by atoms with Crippen molar-refractivity contribution in [1.82, 2.24) is 4.90 Å². The van der Waals surface area contributed by atoms with E-state index in [9.17, 15) is 14.7 Å². The topological polar surface area (TPSA) is 57.6 Å². The SMILES string of the molecule is O=C(O)[C@@H](c1ccccc1Cl)N1CC(CS)CC1=O. The number of halogens is 1. The van der Waals surface area contributed by atoms with Gasteiger partial charge < -0.3 is 10.0 Å². The lowest BCUT2D eigenvalue weighted by molar-refractivity contribution is -0.148. The number of hydrogen-bond acceptors (Lipinski definition) is 3. The highest BCUT2D eigenvalue weighted by Crippen LogP contribution is 2.32. The van der Waals surface area contributed by atoms with Gasteiger partial charge in [0.15, 0.2) is 6.04 Å². The number of likely N-dealkylation sites (tertiary alicyclic amines) is 1. The summed E-state index contributed by atoms with van der Waals surface area (Å²) in [4.78, 5) is 24.8. The normalized spacial score (nSPS) is 20.6. The highest BCUT2D eigenvalue weighted by Gasteiger charge is 2.38. The Balaban J connectivity index is 2.35. The largest absolute Gasteiger partial charge is 0.479 e. The van der Waals surface area contributed by atoms with Crippen molar-refractivity contribution in [3.8, 4) is 0 Å². The van der Waals surface area contributed by atoms with Gasteiger partial charge >= 0.3 is 5.97 Å². The molecule has 4 nitrogen and oxygen atoms in total. The Morgan fingerprint density at radius 3 is 2.74 bits per heavy atom. The molecule has 2 atom stereocenters. The molecule has 1 amide bonds. The first-order valence-electron chi connectivity index (χ1n) is 5.92. The monoisotopic (exact) mass is 299 g/mol. The Labute approximate surface area is 121 Å². The fourth-order valence-corrected chi connectivity index (χ4v) is 2.80. The van der Waals surface area contributed by atoms with Gasteiger partial charge in [0, 0.05) is 23.6 Å². The summed E-state index contributed by atoms with van der Waals surface area (Å²) in [6.45, 7) is 0.407. The molecular weight excluding hydrogens is 286 g/mol. The van der Waals surface area contributed by atoms with E-state index in [1.807, 2.05) is 0 Å². The number of carbonyl (C=O) groups is 2. The summed E-state index contributed by atoms with van der Waals surface area (Å²) < 4.78 is 0. The lowest BCUT2D eigenvalue weighted by Gasteiger charge is -2.25. The molecule has 1 heterocycles. The molecule has 6 heteroatoms. The molecule has 1 N–H and O–H groups in total. The molecule has 0 saturated carbocycles. The molecule has 0 aliphatic carbocycles. The second-order valence-corrected chi connectivity index (χ2v) is 5.33. The molecular formula is C13H14ClNO3S. The minimum absolute atomic E-state index is 0.0974. The van der Waals surface area contributed by atoms with Crippen LogP contribution in [0, 0.1) is 5.92 Å². The molecule has 0 radical (unpaired) electrons. The van der Waals surface area contributed by atoms with Gasteiger partial charge in [-0.15, -0.1) is 0 Å². The predicted octanol–water partition coefficient (Wildman–Crippen LogP) is 2.24. The summed E-state index contributed by atoms with van der Waals surface area (Å²) in [7, 11) is 0. The van der Waals surface area contributed by atoms with Crippen LogP contribution < -0.4 is 0 Å². The zero-order chi connectivity index (χ0) is 14.0. The molecule has 19 heavy (non-hydrogen) atoms. The Hall–Kier alpha value is -1.20. The highest BCUT2D eigenvalue weighted by molar-refractivity contribution is 7.80. The van der Waals surface area contributed by atoms with Gasteiger partial charge in [0.2, 0.25) is 5.91 Å². The summed E-state index contributed by atoms with van der Waals surface area (Å²) in [6.07, 6.45) is 0.345. The fourth-order valence-electron chi connectivity index (χ4n) is 2.31. The molecule has 1 aromatic carbocycles. The van der Waals surface area contributed by atoms with Crippen LogP contribution in [-0.4, -0.2) is 34.2 Å². The van der Waals surface area contributed by atoms with Crippen molar-refractivity contribution in [2.24, 2.45) is 5.92 Å². The van der Waals surface area contributed by atoms with Gasteiger partial charge in [0.05, 0.1) is 0 Å². The van der Waals surface area contributed by atoms with E-state index in [1.54, 1.807) is 24.3 Å². The molecule has 1 aliphatic heterocycles. The van der Waals surface area contributed by atoms with E-state index in [-0.39, 0.29) is 11.8 Å². The van der Waals surface area contributed by atoms with E-state index in [4.69, 9.17) is 11.6 Å². The molecule has 0 aromatic heterocycles. The number of benzene rings is 1. The second kappa shape index (κ2) is 5.84. The van der Waals surface area contributed by atoms with Crippen LogP contribution in [0.5, 0.6) is 0 Å². The van der Waals surface area contributed by atoms with Crippen molar-refractivity contribution >= 4 is 36.1 Å². The minimum atomic E-state index is -1.07. The fraction of sp³-hybridized carbons (Fsp3) is 0.385.